The van der Waals surface area contributed by atoms with Crippen molar-refractivity contribution in [3.05, 3.63) is 44.7 Å². The summed E-state index contributed by atoms with van der Waals surface area (Å²) in [5.41, 5.74) is 5.64. The van der Waals surface area contributed by atoms with E-state index in [-0.39, 0.29) is 0 Å². The highest BCUT2D eigenvalue weighted by Crippen LogP contribution is 2.29. The maximum Gasteiger partial charge on any atom is 0.241 e. The minimum atomic E-state index is -3.55. The third-order valence-corrected chi connectivity index (χ3v) is 7.05. The SMILES string of the molecule is Cc1nn(CCCNS(=O)(=O)c2c(C)c(C)c(C)c(C)c2C)cc1Cl. The van der Waals surface area contributed by atoms with Gasteiger partial charge in [-0.05, 0) is 75.8 Å². The average Bonchev–Trinajstić information content (AvgIpc) is 2.86. The second-order valence-corrected chi connectivity index (χ2v) is 8.64. The van der Waals surface area contributed by atoms with Crippen LogP contribution in [0, 0.1) is 41.5 Å². The van der Waals surface area contributed by atoms with Crippen molar-refractivity contribution in [1.82, 2.24) is 14.5 Å². The average molecular weight is 384 g/mol. The van der Waals surface area contributed by atoms with Gasteiger partial charge in [-0.1, -0.05) is 11.6 Å². The van der Waals surface area contributed by atoms with Crippen LogP contribution in [-0.4, -0.2) is 24.7 Å². The van der Waals surface area contributed by atoms with Crippen molar-refractivity contribution < 1.29 is 8.42 Å². The molecule has 0 aliphatic carbocycles. The number of aryl methyl sites for hydroxylation is 2. The largest absolute Gasteiger partial charge is 0.271 e. The summed E-state index contributed by atoms with van der Waals surface area (Å²) in [5.74, 6) is 0. The number of nitrogens with one attached hydrogen (secondary N) is 1. The van der Waals surface area contributed by atoms with E-state index in [2.05, 4.69) is 9.82 Å². The lowest BCUT2D eigenvalue weighted by Gasteiger charge is -2.19. The fourth-order valence-electron chi connectivity index (χ4n) is 3.00. The molecule has 0 bridgehead atoms. The lowest BCUT2D eigenvalue weighted by Crippen LogP contribution is -2.27. The molecule has 1 N–H and O–H groups in total. The molecule has 1 aromatic heterocycles. The first-order valence-electron chi connectivity index (χ1n) is 8.32. The number of halogens is 1. The molecule has 0 unspecified atom stereocenters. The Balaban J connectivity index is 2.12. The van der Waals surface area contributed by atoms with Crippen LogP contribution < -0.4 is 4.72 Å². The van der Waals surface area contributed by atoms with Gasteiger partial charge in [-0.2, -0.15) is 5.10 Å². The zero-order chi connectivity index (χ0) is 18.9. The predicted octanol–water partition coefficient (Wildman–Crippen LogP) is 3.76. The molecule has 1 heterocycles. The van der Waals surface area contributed by atoms with Gasteiger partial charge < -0.3 is 0 Å². The first kappa shape index (κ1) is 19.9. The summed E-state index contributed by atoms with van der Waals surface area (Å²) in [6, 6.07) is 0. The lowest BCUT2D eigenvalue weighted by atomic mass is 9.95. The van der Waals surface area contributed by atoms with Crippen LogP contribution in [0.25, 0.3) is 0 Å². The van der Waals surface area contributed by atoms with E-state index in [1.807, 2.05) is 41.5 Å². The molecule has 0 saturated heterocycles. The Labute approximate surface area is 155 Å². The molecular weight excluding hydrogens is 358 g/mol. The number of benzene rings is 1. The Morgan fingerprint density at radius 3 is 2.00 bits per heavy atom. The molecule has 25 heavy (non-hydrogen) atoms. The molecule has 0 atom stereocenters. The van der Waals surface area contributed by atoms with E-state index in [0.29, 0.717) is 29.4 Å². The van der Waals surface area contributed by atoms with E-state index < -0.39 is 10.0 Å². The number of aromatic nitrogens is 2. The predicted molar refractivity (Wildman–Crippen MR) is 102 cm³/mol. The molecule has 138 valence electrons. The van der Waals surface area contributed by atoms with Gasteiger partial charge in [0.2, 0.25) is 10.0 Å². The van der Waals surface area contributed by atoms with E-state index in [9.17, 15) is 8.42 Å². The van der Waals surface area contributed by atoms with Crippen molar-refractivity contribution in [1.29, 1.82) is 0 Å². The van der Waals surface area contributed by atoms with Crippen molar-refractivity contribution in [2.45, 2.75) is 59.4 Å². The smallest absolute Gasteiger partial charge is 0.241 e. The van der Waals surface area contributed by atoms with Gasteiger partial charge in [-0.15, -0.1) is 0 Å². The van der Waals surface area contributed by atoms with E-state index >= 15 is 0 Å². The molecule has 2 rings (SSSR count). The fourth-order valence-corrected chi connectivity index (χ4v) is 4.82. The molecule has 2 aromatic rings. The summed E-state index contributed by atoms with van der Waals surface area (Å²) in [6.45, 7) is 12.5. The maximum atomic E-state index is 12.8. The van der Waals surface area contributed by atoms with Gasteiger partial charge in [0.15, 0.2) is 0 Å². The number of sulfonamides is 1. The Kier molecular flexibility index (Phi) is 5.97. The summed E-state index contributed by atoms with van der Waals surface area (Å²) in [4.78, 5) is 0.408. The number of nitrogens with zero attached hydrogens (tertiary/aromatic N) is 2. The van der Waals surface area contributed by atoms with Gasteiger partial charge in [0.1, 0.15) is 0 Å². The number of rotatable bonds is 6. The van der Waals surface area contributed by atoms with Crippen LogP contribution in [0.2, 0.25) is 5.02 Å². The fraction of sp³-hybridized carbons (Fsp3) is 0.500. The molecule has 0 aliphatic heterocycles. The van der Waals surface area contributed by atoms with Crippen molar-refractivity contribution in [2.75, 3.05) is 6.54 Å². The van der Waals surface area contributed by atoms with E-state index in [1.54, 1.807) is 10.9 Å². The normalized spacial score (nSPS) is 12.0. The van der Waals surface area contributed by atoms with Crippen LogP contribution in [0.5, 0.6) is 0 Å². The molecule has 0 aliphatic rings. The second kappa shape index (κ2) is 7.48. The van der Waals surface area contributed by atoms with Gasteiger partial charge in [-0.25, -0.2) is 13.1 Å². The molecule has 1 aromatic carbocycles. The minimum Gasteiger partial charge on any atom is -0.271 e. The summed E-state index contributed by atoms with van der Waals surface area (Å²) < 4.78 is 30.1. The van der Waals surface area contributed by atoms with Crippen molar-refractivity contribution in [2.24, 2.45) is 0 Å². The summed E-state index contributed by atoms with van der Waals surface area (Å²) in [6.07, 6.45) is 2.39. The third-order valence-electron chi connectivity index (χ3n) is 4.94. The van der Waals surface area contributed by atoms with Gasteiger partial charge in [0, 0.05) is 19.3 Å². The van der Waals surface area contributed by atoms with E-state index in [1.165, 1.54) is 0 Å². The van der Waals surface area contributed by atoms with Crippen LogP contribution in [-0.2, 0) is 16.6 Å². The van der Waals surface area contributed by atoms with E-state index in [0.717, 1.165) is 33.5 Å². The number of hydrogen-bond acceptors (Lipinski definition) is 3. The lowest BCUT2D eigenvalue weighted by molar-refractivity contribution is 0.550. The van der Waals surface area contributed by atoms with Crippen LogP contribution >= 0.6 is 11.6 Å². The van der Waals surface area contributed by atoms with Gasteiger partial charge in [-0.3, -0.25) is 4.68 Å². The molecule has 0 amide bonds. The molecule has 0 fully saturated rings. The third kappa shape index (κ3) is 4.07. The number of hydrogen-bond donors (Lipinski definition) is 1. The molecule has 0 radical (unpaired) electrons. The van der Waals surface area contributed by atoms with Crippen molar-refractivity contribution >= 4 is 21.6 Å². The Hall–Kier alpha value is -1.37. The van der Waals surface area contributed by atoms with Gasteiger partial charge in [0.05, 0.1) is 15.6 Å². The molecule has 0 spiro atoms. The Bertz CT molecular complexity index is 853. The quantitative estimate of drug-likeness (QED) is 0.772. The zero-order valence-electron chi connectivity index (χ0n) is 15.7. The highest BCUT2D eigenvalue weighted by molar-refractivity contribution is 7.89. The standard InChI is InChI=1S/C18H26ClN3O2S/c1-11-12(2)14(4)18(15(5)13(11)3)25(23,24)20-8-7-9-22-10-17(19)16(6)21-22/h10,20H,7-9H2,1-6H3. The molecule has 0 saturated carbocycles. The maximum absolute atomic E-state index is 12.8. The van der Waals surface area contributed by atoms with Crippen LogP contribution in [0.1, 0.15) is 39.9 Å². The van der Waals surface area contributed by atoms with Gasteiger partial charge >= 0.3 is 0 Å². The summed E-state index contributed by atoms with van der Waals surface area (Å²) in [7, 11) is -3.55. The zero-order valence-corrected chi connectivity index (χ0v) is 17.3. The highest BCUT2D eigenvalue weighted by Gasteiger charge is 2.23. The van der Waals surface area contributed by atoms with Crippen molar-refractivity contribution in [3.8, 4) is 0 Å². The van der Waals surface area contributed by atoms with Crippen molar-refractivity contribution in [3.63, 3.8) is 0 Å². The Morgan fingerprint density at radius 2 is 1.52 bits per heavy atom. The highest BCUT2D eigenvalue weighted by atomic mass is 35.5. The first-order chi connectivity index (χ1) is 11.6. The van der Waals surface area contributed by atoms with Crippen LogP contribution in [0.15, 0.2) is 11.1 Å². The topological polar surface area (TPSA) is 64.0 Å². The first-order valence-corrected chi connectivity index (χ1v) is 10.2. The van der Waals surface area contributed by atoms with Crippen LogP contribution in [0.3, 0.4) is 0 Å². The minimum absolute atomic E-state index is 0.351. The van der Waals surface area contributed by atoms with E-state index in [4.69, 9.17) is 11.6 Å². The summed E-state index contributed by atoms with van der Waals surface area (Å²) >= 11 is 5.98. The van der Waals surface area contributed by atoms with Gasteiger partial charge in [0.25, 0.3) is 0 Å². The second-order valence-electron chi connectivity index (χ2n) is 6.53. The van der Waals surface area contributed by atoms with Crippen LogP contribution in [0.4, 0.5) is 0 Å². The molecule has 7 heteroatoms. The molecule has 5 nitrogen and oxygen atoms in total. The summed E-state index contributed by atoms with van der Waals surface area (Å²) in [5, 5.41) is 4.89. The monoisotopic (exact) mass is 383 g/mol. The molecular formula is C18H26ClN3O2S. The Morgan fingerprint density at radius 1 is 1.00 bits per heavy atom.